The molecule has 0 aliphatic carbocycles. The third kappa shape index (κ3) is 5.42. The summed E-state index contributed by atoms with van der Waals surface area (Å²) in [7, 11) is 3.24. The molecule has 0 aliphatic rings. The van der Waals surface area contributed by atoms with Crippen molar-refractivity contribution in [2.75, 3.05) is 27.3 Å². The van der Waals surface area contributed by atoms with Crippen molar-refractivity contribution in [1.29, 1.82) is 0 Å². The Hall–Kier alpha value is -1.21. The molecule has 0 bridgehead atoms. The first-order valence-corrected chi connectivity index (χ1v) is 6.79. The summed E-state index contributed by atoms with van der Waals surface area (Å²) in [4.78, 5) is 13.7. The second-order valence-corrected chi connectivity index (χ2v) is 5.44. The van der Waals surface area contributed by atoms with E-state index in [2.05, 4.69) is 20.7 Å². The molecule has 0 heterocycles. The summed E-state index contributed by atoms with van der Waals surface area (Å²) >= 11 is 3.40. The highest BCUT2D eigenvalue weighted by Gasteiger charge is 2.15. The Morgan fingerprint density at radius 3 is 2.45 bits per heavy atom. The van der Waals surface area contributed by atoms with Crippen LogP contribution in [0.1, 0.15) is 10.4 Å². The maximum Gasteiger partial charge on any atom is 0.387 e. The molecule has 1 rings (SSSR count). The van der Waals surface area contributed by atoms with E-state index in [-0.39, 0.29) is 16.5 Å². The zero-order chi connectivity index (χ0) is 15.1. The molecule has 20 heavy (non-hydrogen) atoms. The predicted octanol–water partition coefficient (Wildman–Crippen LogP) is 2.77. The normalized spacial score (nSPS) is 12.3. The Morgan fingerprint density at radius 2 is 1.95 bits per heavy atom. The summed E-state index contributed by atoms with van der Waals surface area (Å²) < 4.78 is 33.2. The van der Waals surface area contributed by atoms with Crippen molar-refractivity contribution in [3.8, 4) is 5.75 Å². The molecule has 112 valence electrons. The Bertz CT molecular complexity index is 428. The summed E-state index contributed by atoms with van der Waals surface area (Å²) in [6.45, 7) is -1.91. The van der Waals surface area contributed by atoms with E-state index < -0.39 is 6.61 Å². The number of methoxy groups -OCH3 is 1. The molecular weight excluding hydrogens is 336 g/mol. The van der Waals surface area contributed by atoms with Gasteiger partial charge in [-0.15, -0.1) is 0 Å². The molecule has 1 aromatic carbocycles. The van der Waals surface area contributed by atoms with Gasteiger partial charge in [-0.1, -0.05) is 15.9 Å². The molecule has 1 unspecified atom stereocenters. The van der Waals surface area contributed by atoms with Crippen LogP contribution in [0.5, 0.6) is 5.75 Å². The molecule has 0 aromatic heterocycles. The molecule has 7 heteroatoms. The molecule has 0 aliphatic heterocycles. The zero-order valence-corrected chi connectivity index (χ0v) is 12.8. The van der Waals surface area contributed by atoms with Crippen LogP contribution in [0, 0.1) is 0 Å². The third-order valence-electron chi connectivity index (χ3n) is 2.49. The number of hydrogen-bond donors (Lipinski definition) is 0. The van der Waals surface area contributed by atoms with Crippen LogP contribution in [0.2, 0.25) is 0 Å². The van der Waals surface area contributed by atoms with Gasteiger partial charge in [0.1, 0.15) is 5.75 Å². The van der Waals surface area contributed by atoms with Gasteiger partial charge in [0, 0.05) is 26.3 Å². The Morgan fingerprint density at radius 1 is 1.35 bits per heavy atom. The van der Waals surface area contributed by atoms with E-state index in [0.29, 0.717) is 18.7 Å². The fourth-order valence-corrected chi connectivity index (χ4v) is 2.31. The van der Waals surface area contributed by atoms with Gasteiger partial charge in [0.15, 0.2) is 0 Å². The van der Waals surface area contributed by atoms with Gasteiger partial charge in [0.05, 0.1) is 11.4 Å². The lowest BCUT2D eigenvalue weighted by molar-refractivity contribution is -0.0498. The van der Waals surface area contributed by atoms with Crippen molar-refractivity contribution >= 4 is 21.8 Å². The van der Waals surface area contributed by atoms with Gasteiger partial charge in [-0.05, 0) is 24.3 Å². The molecule has 0 spiro atoms. The maximum absolute atomic E-state index is 12.1. The van der Waals surface area contributed by atoms with Crippen LogP contribution in [0.15, 0.2) is 24.3 Å². The average Bonchev–Trinajstić information content (AvgIpc) is 2.38. The molecular formula is C13H16BrF2NO3. The van der Waals surface area contributed by atoms with E-state index in [4.69, 9.17) is 4.74 Å². The van der Waals surface area contributed by atoms with Crippen molar-refractivity contribution in [3.05, 3.63) is 29.8 Å². The van der Waals surface area contributed by atoms with Crippen molar-refractivity contribution in [2.24, 2.45) is 0 Å². The topological polar surface area (TPSA) is 38.8 Å². The second kappa shape index (κ2) is 8.16. The highest BCUT2D eigenvalue weighted by Crippen LogP contribution is 2.16. The van der Waals surface area contributed by atoms with Crippen molar-refractivity contribution in [1.82, 2.24) is 4.90 Å². The fraction of sp³-hybridized carbons (Fsp3) is 0.462. The number of carbonyl (C=O) groups excluding carboxylic acids is 1. The maximum atomic E-state index is 12.1. The Labute approximate surface area is 124 Å². The molecule has 1 atom stereocenters. The highest BCUT2D eigenvalue weighted by molar-refractivity contribution is 9.09. The van der Waals surface area contributed by atoms with E-state index in [0.717, 1.165) is 0 Å². The van der Waals surface area contributed by atoms with Crippen LogP contribution < -0.4 is 4.74 Å². The van der Waals surface area contributed by atoms with E-state index in [1.54, 1.807) is 14.2 Å². The van der Waals surface area contributed by atoms with Gasteiger partial charge in [0.2, 0.25) is 0 Å². The molecule has 0 radical (unpaired) electrons. The Balaban J connectivity index is 2.62. The van der Waals surface area contributed by atoms with Crippen molar-refractivity contribution < 1.29 is 23.0 Å². The molecule has 0 N–H and O–H groups in total. The number of ether oxygens (including phenoxy) is 2. The number of hydrogen-bond acceptors (Lipinski definition) is 3. The number of nitrogens with zero attached hydrogens (tertiary/aromatic N) is 1. The smallest absolute Gasteiger partial charge is 0.387 e. The first-order valence-electron chi connectivity index (χ1n) is 5.87. The van der Waals surface area contributed by atoms with Gasteiger partial charge in [0.25, 0.3) is 5.91 Å². The average molecular weight is 352 g/mol. The van der Waals surface area contributed by atoms with E-state index in [9.17, 15) is 13.6 Å². The second-order valence-electron chi connectivity index (χ2n) is 4.14. The monoisotopic (exact) mass is 351 g/mol. The molecule has 4 nitrogen and oxygen atoms in total. The first kappa shape index (κ1) is 16.8. The largest absolute Gasteiger partial charge is 0.435 e. The van der Waals surface area contributed by atoms with Gasteiger partial charge >= 0.3 is 6.61 Å². The highest BCUT2D eigenvalue weighted by atomic mass is 79.9. The predicted molar refractivity (Wildman–Crippen MR) is 74.6 cm³/mol. The minimum Gasteiger partial charge on any atom is -0.435 e. The lowest BCUT2D eigenvalue weighted by atomic mass is 10.2. The van der Waals surface area contributed by atoms with Crippen LogP contribution in [0.3, 0.4) is 0 Å². The van der Waals surface area contributed by atoms with Crippen LogP contribution in [-0.4, -0.2) is 49.6 Å². The summed E-state index contributed by atoms with van der Waals surface area (Å²) in [5.74, 6) is -0.175. The van der Waals surface area contributed by atoms with Crippen LogP contribution in [0.25, 0.3) is 0 Å². The van der Waals surface area contributed by atoms with E-state index >= 15 is 0 Å². The lowest BCUT2D eigenvalue weighted by Crippen LogP contribution is -2.33. The molecule has 0 saturated heterocycles. The summed E-state index contributed by atoms with van der Waals surface area (Å²) in [5.41, 5.74) is 0.409. The fourth-order valence-electron chi connectivity index (χ4n) is 1.61. The lowest BCUT2D eigenvalue weighted by Gasteiger charge is -2.20. The van der Waals surface area contributed by atoms with E-state index in [1.807, 2.05) is 0 Å². The first-order chi connectivity index (χ1) is 9.43. The molecule has 1 amide bonds. The van der Waals surface area contributed by atoms with Gasteiger partial charge in [-0.25, -0.2) is 0 Å². The van der Waals surface area contributed by atoms with Crippen LogP contribution >= 0.6 is 15.9 Å². The number of halogens is 3. The van der Waals surface area contributed by atoms with Gasteiger partial charge in [-0.3, -0.25) is 4.79 Å². The zero-order valence-electron chi connectivity index (χ0n) is 11.2. The summed E-state index contributed by atoms with van der Waals surface area (Å²) in [5, 5.41) is 0. The van der Waals surface area contributed by atoms with Crippen molar-refractivity contribution in [3.63, 3.8) is 0 Å². The minimum absolute atomic E-state index is 0.0250. The molecule has 0 fully saturated rings. The number of amides is 1. The van der Waals surface area contributed by atoms with Crippen molar-refractivity contribution in [2.45, 2.75) is 11.4 Å². The molecule has 1 aromatic rings. The summed E-state index contributed by atoms with van der Waals surface area (Å²) in [6.07, 6.45) is 0. The van der Waals surface area contributed by atoms with Crippen LogP contribution in [-0.2, 0) is 4.74 Å². The molecule has 0 saturated carbocycles. The number of benzene rings is 1. The van der Waals surface area contributed by atoms with E-state index in [1.165, 1.54) is 29.2 Å². The standard InChI is InChI=1S/C13H16BrF2NO3/c1-17(7-10(14)8-19-2)12(18)9-3-5-11(6-4-9)20-13(15)16/h3-6,10,13H,7-8H2,1-2H3. The summed E-state index contributed by atoms with van der Waals surface area (Å²) in [6, 6.07) is 5.59. The third-order valence-corrected chi connectivity index (χ3v) is 3.05. The number of rotatable bonds is 7. The Kier molecular flexibility index (Phi) is 6.87. The number of carbonyl (C=O) groups is 1. The number of alkyl halides is 3. The SMILES string of the molecule is COCC(Br)CN(C)C(=O)c1ccc(OC(F)F)cc1. The quantitative estimate of drug-likeness (QED) is 0.709. The van der Waals surface area contributed by atoms with Gasteiger partial charge < -0.3 is 14.4 Å². The van der Waals surface area contributed by atoms with Gasteiger partial charge in [-0.2, -0.15) is 8.78 Å². The van der Waals surface area contributed by atoms with Crippen LogP contribution in [0.4, 0.5) is 8.78 Å². The minimum atomic E-state index is -2.87.